The molecule has 0 aliphatic carbocycles. The van der Waals surface area contributed by atoms with E-state index >= 15 is 0 Å². The second kappa shape index (κ2) is 6.74. The maximum atomic E-state index is 12.6. The van der Waals surface area contributed by atoms with E-state index in [0.29, 0.717) is 5.56 Å². The summed E-state index contributed by atoms with van der Waals surface area (Å²) in [6, 6.07) is 4.47. The fraction of sp³-hybridized carbons (Fsp3) is 0.500. The Kier molecular flexibility index (Phi) is 5.56. The highest BCUT2D eigenvalue weighted by molar-refractivity contribution is 5.75. The third-order valence-corrected chi connectivity index (χ3v) is 2.90. The molecule has 0 aliphatic heterocycles. The molecule has 0 spiro atoms. The smallest absolute Gasteiger partial charge is 0.416 e. The predicted octanol–water partition coefficient (Wildman–Crippen LogP) is 2.99. The van der Waals surface area contributed by atoms with E-state index in [2.05, 4.69) is 10.1 Å². The van der Waals surface area contributed by atoms with Gasteiger partial charge in [0.1, 0.15) is 6.04 Å². The van der Waals surface area contributed by atoms with Crippen molar-refractivity contribution in [3.8, 4) is 0 Å². The van der Waals surface area contributed by atoms with Gasteiger partial charge in [-0.2, -0.15) is 13.2 Å². The van der Waals surface area contributed by atoms with Gasteiger partial charge in [0.25, 0.3) is 0 Å². The summed E-state index contributed by atoms with van der Waals surface area (Å²) in [7, 11) is 1.28. The molecule has 0 heterocycles. The number of ether oxygens (including phenoxy) is 1. The van der Waals surface area contributed by atoms with Crippen molar-refractivity contribution in [2.45, 2.75) is 32.6 Å². The van der Waals surface area contributed by atoms with Gasteiger partial charge in [-0.3, -0.25) is 4.79 Å². The Balaban J connectivity index is 2.76. The molecule has 0 amide bonds. The number of hydrogen-bond donors (Lipinski definition) is 1. The van der Waals surface area contributed by atoms with Crippen molar-refractivity contribution >= 4 is 5.97 Å². The first-order valence-corrected chi connectivity index (χ1v) is 6.23. The number of nitrogens with one attached hydrogen (secondary N) is 1. The van der Waals surface area contributed by atoms with Crippen LogP contribution in [0.4, 0.5) is 13.2 Å². The molecule has 0 aromatic heterocycles. The van der Waals surface area contributed by atoms with Gasteiger partial charge in [0.15, 0.2) is 0 Å². The first-order chi connectivity index (χ1) is 9.25. The van der Waals surface area contributed by atoms with E-state index in [4.69, 9.17) is 0 Å². The third kappa shape index (κ3) is 4.52. The number of hydrogen-bond acceptors (Lipinski definition) is 3. The molecule has 20 heavy (non-hydrogen) atoms. The molecule has 1 N–H and O–H groups in total. The van der Waals surface area contributed by atoms with Crippen LogP contribution in [0.3, 0.4) is 0 Å². The number of halogens is 3. The standard InChI is InChI=1S/C14H18F3NO2/c1-9(2)12(13(19)20-3)18-8-10-5-4-6-11(7-10)14(15,16)17/h4-7,9,12,18H,8H2,1-3H3/t12-/m0/s1. The van der Waals surface area contributed by atoms with Crippen molar-refractivity contribution in [3.63, 3.8) is 0 Å². The number of rotatable bonds is 5. The first kappa shape index (κ1) is 16.5. The van der Waals surface area contributed by atoms with Crippen molar-refractivity contribution in [1.82, 2.24) is 5.32 Å². The molecule has 1 atom stereocenters. The number of carbonyl (C=O) groups is 1. The van der Waals surface area contributed by atoms with Crippen LogP contribution >= 0.6 is 0 Å². The fourth-order valence-corrected chi connectivity index (χ4v) is 1.80. The molecular weight excluding hydrogens is 271 g/mol. The molecule has 0 saturated heterocycles. The Morgan fingerprint density at radius 1 is 1.35 bits per heavy atom. The van der Waals surface area contributed by atoms with Crippen LogP contribution in [-0.4, -0.2) is 19.1 Å². The van der Waals surface area contributed by atoms with E-state index in [-0.39, 0.29) is 12.5 Å². The van der Waals surface area contributed by atoms with Gasteiger partial charge in [0, 0.05) is 6.54 Å². The van der Waals surface area contributed by atoms with Crippen LogP contribution in [0, 0.1) is 5.92 Å². The minimum Gasteiger partial charge on any atom is -0.468 e. The summed E-state index contributed by atoms with van der Waals surface area (Å²) in [5, 5.41) is 2.92. The monoisotopic (exact) mass is 289 g/mol. The van der Waals surface area contributed by atoms with Gasteiger partial charge in [-0.05, 0) is 17.5 Å². The number of benzene rings is 1. The minimum atomic E-state index is -4.37. The largest absolute Gasteiger partial charge is 0.468 e. The highest BCUT2D eigenvalue weighted by Gasteiger charge is 2.30. The van der Waals surface area contributed by atoms with Gasteiger partial charge in [0.2, 0.25) is 0 Å². The van der Waals surface area contributed by atoms with Crippen molar-refractivity contribution < 1.29 is 22.7 Å². The summed E-state index contributed by atoms with van der Waals surface area (Å²) in [5.41, 5.74) is -0.231. The highest BCUT2D eigenvalue weighted by atomic mass is 19.4. The zero-order valence-electron chi connectivity index (χ0n) is 11.6. The fourth-order valence-electron chi connectivity index (χ4n) is 1.80. The third-order valence-electron chi connectivity index (χ3n) is 2.90. The van der Waals surface area contributed by atoms with Gasteiger partial charge >= 0.3 is 12.1 Å². The zero-order chi connectivity index (χ0) is 15.3. The van der Waals surface area contributed by atoms with Crippen LogP contribution in [0.15, 0.2) is 24.3 Å². The molecule has 0 bridgehead atoms. The van der Waals surface area contributed by atoms with E-state index in [9.17, 15) is 18.0 Å². The molecule has 0 aliphatic rings. The lowest BCUT2D eigenvalue weighted by atomic mass is 10.0. The Bertz CT molecular complexity index is 458. The molecule has 112 valence electrons. The lowest BCUT2D eigenvalue weighted by Crippen LogP contribution is -2.41. The Morgan fingerprint density at radius 2 is 2.00 bits per heavy atom. The van der Waals surface area contributed by atoms with Crippen LogP contribution in [0.1, 0.15) is 25.0 Å². The SMILES string of the molecule is COC(=O)[C@@H](NCc1cccc(C(F)(F)F)c1)C(C)C. The second-order valence-electron chi connectivity index (χ2n) is 4.82. The van der Waals surface area contributed by atoms with E-state index in [1.807, 2.05) is 13.8 Å². The molecule has 0 radical (unpaired) electrons. The molecule has 0 fully saturated rings. The maximum Gasteiger partial charge on any atom is 0.416 e. The van der Waals surface area contributed by atoms with E-state index in [1.54, 1.807) is 6.07 Å². The Labute approximate surface area is 116 Å². The van der Waals surface area contributed by atoms with E-state index < -0.39 is 23.8 Å². The van der Waals surface area contributed by atoms with Gasteiger partial charge in [-0.25, -0.2) is 0 Å². The molecule has 0 unspecified atom stereocenters. The van der Waals surface area contributed by atoms with Crippen LogP contribution in [0.2, 0.25) is 0 Å². The minimum absolute atomic E-state index is 0.0201. The molecule has 6 heteroatoms. The first-order valence-electron chi connectivity index (χ1n) is 6.23. The normalized spacial score (nSPS) is 13.3. The van der Waals surface area contributed by atoms with Crippen LogP contribution < -0.4 is 5.32 Å². The Hall–Kier alpha value is -1.56. The van der Waals surface area contributed by atoms with Crippen LogP contribution in [-0.2, 0) is 22.3 Å². The summed E-state index contributed by atoms with van der Waals surface area (Å²) in [5.74, 6) is -0.444. The molecule has 0 saturated carbocycles. The predicted molar refractivity (Wildman–Crippen MR) is 68.9 cm³/mol. The average molecular weight is 289 g/mol. The Morgan fingerprint density at radius 3 is 2.50 bits per heavy atom. The van der Waals surface area contributed by atoms with E-state index in [1.165, 1.54) is 13.2 Å². The topological polar surface area (TPSA) is 38.3 Å². The highest BCUT2D eigenvalue weighted by Crippen LogP contribution is 2.29. The number of methoxy groups -OCH3 is 1. The van der Waals surface area contributed by atoms with E-state index in [0.717, 1.165) is 12.1 Å². The second-order valence-corrected chi connectivity index (χ2v) is 4.82. The van der Waals surface area contributed by atoms with Gasteiger partial charge in [0.05, 0.1) is 12.7 Å². The summed E-state index contributed by atoms with van der Waals surface area (Å²) >= 11 is 0. The van der Waals surface area contributed by atoms with Gasteiger partial charge in [-0.1, -0.05) is 32.0 Å². The number of carbonyl (C=O) groups excluding carboxylic acids is 1. The zero-order valence-corrected chi connectivity index (χ0v) is 11.6. The summed E-state index contributed by atoms with van der Waals surface area (Å²) in [6.07, 6.45) is -4.37. The molecule has 1 aromatic carbocycles. The number of esters is 1. The lowest BCUT2D eigenvalue weighted by molar-refractivity contribution is -0.144. The average Bonchev–Trinajstić information content (AvgIpc) is 2.37. The maximum absolute atomic E-state index is 12.6. The van der Waals surface area contributed by atoms with Crippen LogP contribution in [0.5, 0.6) is 0 Å². The van der Waals surface area contributed by atoms with Crippen molar-refractivity contribution in [1.29, 1.82) is 0 Å². The summed E-state index contributed by atoms with van der Waals surface area (Å²) in [4.78, 5) is 11.5. The molecule has 3 nitrogen and oxygen atoms in total. The summed E-state index contributed by atoms with van der Waals surface area (Å²) in [6.45, 7) is 3.84. The summed E-state index contributed by atoms with van der Waals surface area (Å²) < 4.78 is 42.4. The van der Waals surface area contributed by atoms with Crippen molar-refractivity contribution in [3.05, 3.63) is 35.4 Å². The van der Waals surface area contributed by atoms with Crippen molar-refractivity contribution in [2.24, 2.45) is 5.92 Å². The quantitative estimate of drug-likeness (QED) is 0.847. The van der Waals surface area contributed by atoms with Gasteiger partial charge < -0.3 is 10.1 Å². The molecule has 1 rings (SSSR count). The van der Waals surface area contributed by atoms with Crippen LogP contribution in [0.25, 0.3) is 0 Å². The van der Waals surface area contributed by atoms with Gasteiger partial charge in [-0.15, -0.1) is 0 Å². The van der Waals surface area contributed by atoms with Crippen molar-refractivity contribution in [2.75, 3.05) is 7.11 Å². The number of alkyl halides is 3. The molecule has 1 aromatic rings. The lowest BCUT2D eigenvalue weighted by Gasteiger charge is -2.20. The molecular formula is C14H18F3NO2.